The molecule has 1 aromatic rings. The Kier molecular flexibility index (Phi) is 13.4. The Hall–Kier alpha value is -3.30. The molecule has 3 aliphatic heterocycles. The topological polar surface area (TPSA) is 156 Å². The molecule has 4 rings (SSSR count). The first-order valence-electron chi connectivity index (χ1n) is 17.4. The molecule has 3 amide bonds. The lowest BCUT2D eigenvalue weighted by molar-refractivity contribution is -0.162. The van der Waals surface area contributed by atoms with Crippen LogP contribution in [0.1, 0.15) is 65.9 Å². The lowest BCUT2D eigenvalue weighted by Gasteiger charge is -2.42. The molecule has 2 N–H and O–H groups in total. The van der Waals surface area contributed by atoms with Crippen LogP contribution >= 0.6 is 24.2 Å². The third-order valence-corrected chi connectivity index (χ3v) is 10.9. The minimum atomic E-state index is -1.82. The average molecular weight is 766 g/mol. The number of allylic oxidation sites excluding steroid dienone is 3. The summed E-state index contributed by atoms with van der Waals surface area (Å²) in [5.41, 5.74) is -0.906. The van der Waals surface area contributed by atoms with Crippen LogP contribution in [0, 0.1) is 5.92 Å². The Labute approximate surface area is 316 Å². The smallest absolute Gasteiger partial charge is 0.409 e. The molecule has 15 heteroatoms. The number of halogens is 1. The Balaban J connectivity index is 1.75. The second kappa shape index (κ2) is 16.8. The molecule has 2 fully saturated rings. The van der Waals surface area contributed by atoms with E-state index in [0.717, 1.165) is 11.1 Å². The second-order valence-electron chi connectivity index (χ2n) is 14.3. The number of fused-ring (bicyclic) bond motifs is 5. The van der Waals surface area contributed by atoms with Crippen LogP contribution in [-0.4, -0.2) is 109 Å². The Morgan fingerprint density at radius 3 is 2.58 bits per heavy atom. The number of likely N-dealkylation sites (N-methyl/N-ethyl adjacent to an activating group) is 1. The normalized spacial score (nSPS) is 31.6. The third-order valence-electron chi connectivity index (χ3n) is 10.3. The van der Waals surface area contributed by atoms with Crippen molar-refractivity contribution in [2.75, 3.05) is 33.2 Å². The molecular weight excluding hydrogens is 714 g/mol. The number of rotatable bonds is 8. The lowest BCUT2D eigenvalue weighted by Crippen LogP contribution is -2.63. The molecule has 0 aliphatic carbocycles. The van der Waals surface area contributed by atoms with E-state index in [2.05, 4.69) is 17.9 Å². The number of epoxide rings is 1. The monoisotopic (exact) mass is 765 g/mol. The molecule has 288 valence electrons. The SMILES string of the molecule is COc1cc2cc(c1Cl)N(C)C(=O)C[C@H](OC(=O)[C@H](C)N(C)C(=O)CCC(C)S)[C@]1(C)O[C@H]1[C@H](C)[C@@H]1C[C@@](O)(NC(=O)O1)[C@H](OC)C=C/C=C(/C)C2. The molecule has 2 saturated heterocycles. The van der Waals surface area contributed by atoms with Crippen molar-refractivity contribution < 1.29 is 48.0 Å². The van der Waals surface area contributed by atoms with Gasteiger partial charge in [0.15, 0.2) is 5.72 Å². The number of amides is 3. The summed E-state index contributed by atoms with van der Waals surface area (Å²) < 4.78 is 29.2. The summed E-state index contributed by atoms with van der Waals surface area (Å²) >= 11 is 11.1. The van der Waals surface area contributed by atoms with Gasteiger partial charge < -0.3 is 38.6 Å². The molecule has 3 aliphatic rings. The van der Waals surface area contributed by atoms with Crippen molar-refractivity contribution in [3.8, 4) is 5.75 Å². The molecule has 0 spiro atoms. The van der Waals surface area contributed by atoms with Crippen LogP contribution in [0.3, 0.4) is 0 Å². The predicted octanol–water partition coefficient (Wildman–Crippen LogP) is 4.61. The van der Waals surface area contributed by atoms with E-state index in [9.17, 15) is 24.3 Å². The molecule has 13 nitrogen and oxygen atoms in total. The van der Waals surface area contributed by atoms with Crippen molar-refractivity contribution in [1.82, 2.24) is 10.2 Å². The zero-order valence-corrected chi connectivity index (χ0v) is 33.0. The van der Waals surface area contributed by atoms with Gasteiger partial charge in [0.1, 0.15) is 40.7 Å². The Morgan fingerprint density at radius 1 is 1.25 bits per heavy atom. The van der Waals surface area contributed by atoms with Gasteiger partial charge in [-0.05, 0) is 56.6 Å². The van der Waals surface area contributed by atoms with Crippen molar-refractivity contribution in [3.05, 3.63) is 46.5 Å². The van der Waals surface area contributed by atoms with Crippen LogP contribution in [0.5, 0.6) is 5.75 Å². The largest absolute Gasteiger partial charge is 0.495 e. The van der Waals surface area contributed by atoms with Crippen LogP contribution in [-0.2, 0) is 39.8 Å². The van der Waals surface area contributed by atoms with E-state index in [1.54, 1.807) is 52.1 Å². The minimum Gasteiger partial charge on any atom is -0.495 e. The van der Waals surface area contributed by atoms with Gasteiger partial charge in [0, 0.05) is 40.0 Å². The maximum Gasteiger partial charge on any atom is 0.409 e. The van der Waals surface area contributed by atoms with Crippen molar-refractivity contribution >= 4 is 53.8 Å². The van der Waals surface area contributed by atoms with Gasteiger partial charge in [-0.15, -0.1) is 0 Å². The summed E-state index contributed by atoms with van der Waals surface area (Å²) in [5, 5.41) is 14.5. The molecule has 52 heavy (non-hydrogen) atoms. The van der Waals surface area contributed by atoms with E-state index in [0.29, 0.717) is 24.3 Å². The first-order valence-corrected chi connectivity index (χ1v) is 18.3. The summed E-state index contributed by atoms with van der Waals surface area (Å²) in [7, 11) is 6.02. The summed E-state index contributed by atoms with van der Waals surface area (Å²) in [5.74, 6) is -1.56. The summed E-state index contributed by atoms with van der Waals surface area (Å²) in [4.78, 5) is 56.2. The van der Waals surface area contributed by atoms with Crippen LogP contribution in [0.15, 0.2) is 35.9 Å². The highest BCUT2D eigenvalue weighted by Crippen LogP contribution is 2.49. The molecule has 3 heterocycles. The van der Waals surface area contributed by atoms with Gasteiger partial charge in [0.2, 0.25) is 11.8 Å². The van der Waals surface area contributed by atoms with Gasteiger partial charge in [0.25, 0.3) is 0 Å². The van der Waals surface area contributed by atoms with Crippen LogP contribution in [0.25, 0.3) is 0 Å². The molecule has 0 radical (unpaired) electrons. The van der Waals surface area contributed by atoms with Gasteiger partial charge in [0.05, 0.1) is 25.3 Å². The fourth-order valence-corrected chi connectivity index (χ4v) is 7.17. The minimum absolute atomic E-state index is 0.00636. The quantitative estimate of drug-likeness (QED) is 0.194. The zero-order chi connectivity index (χ0) is 38.7. The molecule has 9 atom stereocenters. The number of carbonyl (C=O) groups excluding carboxylic acids is 4. The van der Waals surface area contributed by atoms with Crippen LogP contribution in [0.2, 0.25) is 5.02 Å². The van der Waals surface area contributed by atoms with Crippen molar-refractivity contribution in [2.24, 2.45) is 5.92 Å². The number of carbonyl (C=O) groups is 4. The number of anilines is 1. The number of benzene rings is 1. The highest BCUT2D eigenvalue weighted by atomic mass is 35.5. The van der Waals surface area contributed by atoms with E-state index < -0.39 is 65.7 Å². The van der Waals surface area contributed by atoms with Crippen molar-refractivity contribution in [1.29, 1.82) is 0 Å². The lowest BCUT2D eigenvalue weighted by atomic mass is 9.83. The number of methoxy groups -OCH3 is 2. The van der Waals surface area contributed by atoms with Gasteiger partial charge in [-0.1, -0.05) is 49.2 Å². The molecular formula is C37H52ClN3O10S. The maximum atomic E-state index is 14.1. The summed E-state index contributed by atoms with van der Waals surface area (Å²) in [6.45, 7) is 8.88. The number of thiol groups is 1. The molecule has 0 aromatic heterocycles. The number of hydrogen-bond acceptors (Lipinski definition) is 11. The molecule has 4 bridgehead atoms. The zero-order valence-electron chi connectivity index (χ0n) is 31.3. The van der Waals surface area contributed by atoms with Gasteiger partial charge in [-0.3, -0.25) is 14.9 Å². The highest BCUT2D eigenvalue weighted by Gasteiger charge is 2.64. The second-order valence-corrected chi connectivity index (χ2v) is 15.6. The molecule has 1 aromatic carbocycles. The van der Waals surface area contributed by atoms with Gasteiger partial charge >= 0.3 is 12.1 Å². The average Bonchev–Trinajstić information content (AvgIpc) is 3.79. The first-order chi connectivity index (χ1) is 24.3. The molecule has 1 unspecified atom stereocenters. The number of ether oxygens (including phenoxy) is 5. The third kappa shape index (κ3) is 9.25. The number of nitrogens with zero attached hydrogens (tertiary/aromatic N) is 2. The van der Waals surface area contributed by atoms with Gasteiger partial charge in [-0.2, -0.15) is 12.6 Å². The fourth-order valence-electron chi connectivity index (χ4n) is 6.73. The van der Waals surface area contributed by atoms with E-state index in [-0.39, 0.29) is 35.4 Å². The highest BCUT2D eigenvalue weighted by molar-refractivity contribution is 7.80. The van der Waals surface area contributed by atoms with Crippen LogP contribution in [0.4, 0.5) is 10.5 Å². The Bertz CT molecular complexity index is 1590. The summed E-state index contributed by atoms with van der Waals surface area (Å²) in [6, 6.07) is 2.61. The first kappa shape index (κ1) is 41.5. The van der Waals surface area contributed by atoms with Crippen molar-refractivity contribution in [3.63, 3.8) is 0 Å². The number of esters is 1. The number of hydrogen-bond donors (Lipinski definition) is 3. The standard InChI is InChI=1S/C37H52ClN3O10S/c1-20-11-10-12-28(48-9)37(46)19-27(49-35(45)39-37)22(3)33-36(5,51-33)29(50-34(44)23(4)40(6)30(42)14-13-21(2)52)18-31(43)41(7)25-16-24(15-20)17-26(47-8)32(25)38/h10-12,16-17,21-23,27-29,33,46,52H,13-15,18-19H2,1-9H3,(H,39,45)/b12-10?,20-11-/t21?,22-,23+,27+,28-,29+,33+,36+,37+/m1/s1. The fraction of sp³-hybridized carbons (Fsp3) is 0.622. The van der Waals surface area contributed by atoms with E-state index in [1.807, 2.05) is 19.9 Å². The number of aliphatic hydroxyl groups is 1. The van der Waals surface area contributed by atoms with Crippen molar-refractivity contribution in [2.45, 2.75) is 114 Å². The Morgan fingerprint density at radius 2 is 1.94 bits per heavy atom. The van der Waals surface area contributed by atoms with Gasteiger partial charge in [-0.25, -0.2) is 9.59 Å². The number of alkyl carbamates (subject to hydrolysis) is 1. The van der Waals surface area contributed by atoms with Crippen LogP contribution < -0.4 is 15.0 Å². The van der Waals surface area contributed by atoms with E-state index in [4.69, 9.17) is 35.3 Å². The maximum absolute atomic E-state index is 14.1. The van der Waals surface area contributed by atoms with E-state index in [1.165, 1.54) is 31.1 Å². The number of nitrogens with one attached hydrogen (secondary N) is 1. The predicted molar refractivity (Wildman–Crippen MR) is 199 cm³/mol. The molecule has 0 saturated carbocycles. The van der Waals surface area contributed by atoms with E-state index >= 15 is 0 Å². The summed E-state index contributed by atoms with van der Waals surface area (Å²) in [6.07, 6.45) is 1.69.